The minimum Gasteiger partial charge on any atom is -0.194 e. The Bertz CT molecular complexity index is 1130. The molecule has 0 aliphatic rings. The highest BCUT2D eigenvalue weighted by atomic mass is 14.9. The van der Waals surface area contributed by atoms with Gasteiger partial charge in [-0.3, -0.25) is 0 Å². The summed E-state index contributed by atoms with van der Waals surface area (Å²) in [6.07, 6.45) is 0. The molecule has 0 aliphatic heterocycles. The van der Waals surface area contributed by atoms with Crippen molar-refractivity contribution in [2.45, 2.75) is 52.4 Å². The Balaban J connectivity index is 2.18. The van der Waals surface area contributed by atoms with Gasteiger partial charge in [-0.15, -0.1) is 0 Å². The molecule has 4 aromatic rings. The highest BCUT2D eigenvalue weighted by Crippen LogP contribution is 2.38. The van der Waals surface area contributed by atoms with E-state index in [1.54, 1.807) is 0 Å². The molecule has 0 saturated heterocycles. The minimum atomic E-state index is 0.0983. The van der Waals surface area contributed by atoms with Gasteiger partial charge in [0, 0.05) is 17.7 Å². The van der Waals surface area contributed by atoms with Crippen LogP contribution in [0, 0.1) is 0 Å². The Kier molecular flexibility index (Phi) is 4.53. The van der Waals surface area contributed by atoms with Crippen LogP contribution < -0.4 is 4.57 Å². The molecule has 0 fully saturated rings. The molecule has 0 N–H and O–H groups in total. The third-order valence-electron chi connectivity index (χ3n) is 6.02. The van der Waals surface area contributed by atoms with Crippen molar-refractivity contribution in [2.24, 2.45) is 7.05 Å². The largest absolute Gasteiger partial charge is 0.213 e. The number of aryl methyl sites for hydroxylation is 1. The molecule has 1 heterocycles. The third kappa shape index (κ3) is 3.44. The maximum Gasteiger partial charge on any atom is 0.213 e. The van der Waals surface area contributed by atoms with Crippen molar-refractivity contribution in [3.63, 3.8) is 0 Å². The van der Waals surface area contributed by atoms with Crippen LogP contribution >= 0.6 is 0 Å². The summed E-state index contributed by atoms with van der Waals surface area (Å²) in [7, 11) is 2.17. The zero-order valence-corrected chi connectivity index (χ0v) is 18.8. The molecule has 3 aromatic carbocycles. The van der Waals surface area contributed by atoms with Gasteiger partial charge in [-0.25, -0.2) is 0 Å². The SMILES string of the molecule is C[n+]1c2ccccc2c(-c2cc(C(C)(C)C)cc(C(C)(C)C)c2)c2ccccc21. The van der Waals surface area contributed by atoms with Crippen LogP contribution in [0.3, 0.4) is 0 Å². The second-order valence-electron chi connectivity index (χ2n) is 10.3. The van der Waals surface area contributed by atoms with Gasteiger partial charge in [-0.2, -0.15) is 4.57 Å². The van der Waals surface area contributed by atoms with E-state index in [-0.39, 0.29) is 10.8 Å². The summed E-state index contributed by atoms with van der Waals surface area (Å²) < 4.78 is 2.31. The minimum absolute atomic E-state index is 0.0983. The van der Waals surface area contributed by atoms with Gasteiger partial charge in [0.15, 0.2) is 0 Å². The van der Waals surface area contributed by atoms with Crippen molar-refractivity contribution < 1.29 is 4.57 Å². The fourth-order valence-corrected chi connectivity index (χ4v) is 4.18. The smallest absolute Gasteiger partial charge is 0.194 e. The molecule has 0 bridgehead atoms. The molecule has 1 aromatic heterocycles. The molecule has 148 valence electrons. The number of fused-ring (bicyclic) bond motifs is 2. The zero-order chi connectivity index (χ0) is 21.0. The third-order valence-corrected chi connectivity index (χ3v) is 6.02. The number of pyridine rings is 1. The van der Waals surface area contributed by atoms with Crippen molar-refractivity contribution in [3.05, 3.63) is 77.9 Å². The van der Waals surface area contributed by atoms with E-state index in [4.69, 9.17) is 0 Å². The maximum absolute atomic E-state index is 2.41. The van der Waals surface area contributed by atoms with Crippen LogP contribution in [0.5, 0.6) is 0 Å². The Morgan fingerprint density at radius 2 is 1.00 bits per heavy atom. The van der Waals surface area contributed by atoms with Gasteiger partial charge in [0.1, 0.15) is 7.05 Å². The Morgan fingerprint density at radius 3 is 1.41 bits per heavy atom. The Hall–Kier alpha value is -2.67. The topological polar surface area (TPSA) is 3.88 Å². The monoisotopic (exact) mass is 382 g/mol. The molecule has 0 atom stereocenters. The van der Waals surface area contributed by atoms with Crippen LogP contribution in [0.25, 0.3) is 32.9 Å². The van der Waals surface area contributed by atoms with Gasteiger partial charge in [0.2, 0.25) is 11.0 Å². The van der Waals surface area contributed by atoms with E-state index < -0.39 is 0 Å². The summed E-state index contributed by atoms with van der Waals surface area (Å²) in [5.41, 5.74) is 8.16. The van der Waals surface area contributed by atoms with E-state index in [0.29, 0.717) is 0 Å². The van der Waals surface area contributed by atoms with Crippen molar-refractivity contribution in [1.29, 1.82) is 0 Å². The van der Waals surface area contributed by atoms with Crippen molar-refractivity contribution in [2.75, 3.05) is 0 Å². The lowest BCUT2D eigenvalue weighted by atomic mass is 9.78. The Morgan fingerprint density at radius 1 is 0.586 bits per heavy atom. The van der Waals surface area contributed by atoms with E-state index >= 15 is 0 Å². The van der Waals surface area contributed by atoms with Crippen molar-refractivity contribution in [3.8, 4) is 11.1 Å². The van der Waals surface area contributed by atoms with Crippen molar-refractivity contribution >= 4 is 21.8 Å². The molecule has 1 heteroatoms. The molecule has 0 spiro atoms. The van der Waals surface area contributed by atoms with E-state index in [2.05, 4.69) is 120 Å². The molecule has 1 nitrogen and oxygen atoms in total. The number of hydrogen-bond donors (Lipinski definition) is 0. The lowest BCUT2D eigenvalue weighted by Crippen LogP contribution is -2.30. The lowest BCUT2D eigenvalue weighted by Gasteiger charge is -2.26. The predicted octanol–water partition coefficient (Wildman–Crippen LogP) is 7.08. The molecule has 29 heavy (non-hydrogen) atoms. The van der Waals surface area contributed by atoms with E-state index in [1.165, 1.54) is 44.1 Å². The van der Waals surface area contributed by atoms with Crippen LogP contribution in [0.15, 0.2) is 66.7 Å². The second kappa shape index (κ2) is 6.69. The van der Waals surface area contributed by atoms with Gasteiger partial charge < -0.3 is 0 Å². The summed E-state index contributed by atoms with van der Waals surface area (Å²) >= 11 is 0. The fourth-order valence-electron chi connectivity index (χ4n) is 4.18. The average molecular weight is 383 g/mol. The standard InChI is InChI=1S/C28H32N/c1-27(2,3)20-16-19(17-21(18-20)28(4,5)6)26-22-12-8-10-14-24(22)29(7)25-15-11-9-13-23(25)26/h8-18H,1-7H3/q+1. The highest BCUT2D eigenvalue weighted by Gasteiger charge is 2.24. The number of nitrogens with zero attached hydrogens (tertiary/aromatic N) is 1. The molecule has 0 radical (unpaired) electrons. The number of para-hydroxylation sites is 2. The molecular formula is C28H32N+. The quantitative estimate of drug-likeness (QED) is 0.245. The van der Waals surface area contributed by atoms with Crippen LogP contribution in [0.4, 0.5) is 0 Å². The van der Waals surface area contributed by atoms with Crippen LogP contribution in [0.2, 0.25) is 0 Å². The van der Waals surface area contributed by atoms with Gasteiger partial charge in [0.25, 0.3) is 0 Å². The molecule has 0 aliphatic carbocycles. The summed E-state index contributed by atoms with van der Waals surface area (Å²) in [4.78, 5) is 0. The fraction of sp³-hybridized carbons (Fsp3) is 0.321. The zero-order valence-electron chi connectivity index (χ0n) is 18.8. The molecule has 4 rings (SSSR count). The first kappa shape index (κ1) is 19.6. The van der Waals surface area contributed by atoms with E-state index in [1.807, 2.05) is 0 Å². The van der Waals surface area contributed by atoms with Crippen LogP contribution in [-0.4, -0.2) is 0 Å². The van der Waals surface area contributed by atoms with Gasteiger partial charge >= 0.3 is 0 Å². The normalized spacial score (nSPS) is 12.7. The summed E-state index contributed by atoms with van der Waals surface area (Å²) in [6, 6.07) is 24.8. The first-order valence-corrected chi connectivity index (χ1v) is 10.5. The van der Waals surface area contributed by atoms with E-state index in [0.717, 1.165) is 0 Å². The van der Waals surface area contributed by atoms with Gasteiger partial charge in [0.05, 0.1) is 10.8 Å². The first-order valence-electron chi connectivity index (χ1n) is 10.5. The molecular weight excluding hydrogens is 350 g/mol. The van der Waals surface area contributed by atoms with E-state index in [9.17, 15) is 0 Å². The predicted molar refractivity (Wildman–Crippen MR) is 125 cm³/mol. The highest BCUT2D eigenvalue weighted by molar-refractivity contribution is 6.07. The molecule has 0 unspecified atom stereocenters. The number of rotatable bonds is 1. The van der Waals surface area contributed by atoms with Gasteiger partial charge in [-0.1, -0.05) is 84.0 Å². The molecule has 0 saturated carbocycles. The molecule has 0 amide bonds. The summed E-state index contributed by atoms with van der Waals surface area (Å²) in [5.74, 6) is 0. The van der Waals surface area contributed by atoms with Crippen LogP contribution in [-0.2, 0) is 17.9 Å². The van der Waals surface area contributed by atoms with Gasteiger partial charge in [-0.05, 0) is 39.7 Å². The first-order chi connectivity index (χ1) is 13.6. The Labute approximate surface area is 175 Å². The second-order valence-corrected chi connectivity index (χ2v) is 10.3. The number of aromatic nitrogens is 1. The maximum atomic E-state index is 2.41. The summed E-state index contributed by atoms with van der Waals surface area (Å²) in [5, 5.41) is 2.61. The number of hydrogen-bond acceptors (Lipinski definition) is 0. The van der Waals surface area contributed by atoms with Crippen LogP contribution in [0.1, 0.15) is 52.7 Å². The number of benzene rings is 3. The average Bonchev–Trinajstić information content (AvgIpc) is 2.67. The van der Waals surface area contributed by atoms with Crippen molar-refractivity contribution in [1.82, 2.24) is 0 Å². The summed E-state index contributed by atoms with van der Waals surface area (Å²) in [6.45, 7) is 13.8. The lowest BCUT2D eigenvalue weighted by molar-refractivity contribution is -0.617.